The first-order valence-electron chi connectivity index (χ1n) is 10.1. The van der Waals surface area contributed by atoms with Crippen LogP contribution in [0.3, 0.4) is 0 Å². The molecule has 0 aliphatic rings. The SMILES string of the molecule is COc1ccc(-c2cc(C(=O)OCC(=O)Nc3ccccc3C)c3ccccc3n2)cc1. The number of fused-ring (bicyclic) bond motifs is 1. The molecule has 0 atom stereocenters. The van der Waals surface area contributed by atoms with E-state index in [1.807, 2.05) is 73.7 Å². The van der Waals surface area contributed by atoms with Crippen molar-refractivity contribution in [2.75, 3.05) is 19.0 Å². The summed E-state index contributed by atoms with van der Waals surface area (Å²) in [6, 6.07) is 23.9. The number of ether oxygens (including phenoxy) is 2. The lowest BCUT2D eigenvalue weighted by atomic mass is 10.0. The summed E-state index contributed by atoms with van der Waals surface area (Å²) in [6.07, 6.45) is 0. The van der Waals surface area contributed by atoms with Gasteiger partial charge in [-0.1, -0.05) is 36.4 Å². The number of rotatable bonds is 6. The first-order valence-corrected chi connectivity index (χ1v) is 10.1. The largest absolute Gasteiger partial charge is 0.497 e. The maximum atomic E-state index is 12.9. The Labute approximate surface area is 185 Å². The molecular formula is C26H22N2O4. The van der Waals surface area contributed by atoms with E-state index in [2.05, 4.69) is 10.3 Å². The van der Waals surface area contributed by atoms with E-state index in [1.165, 1.54) is 0 Å². The fraction of sp³-hybridized carbons (Fsp3) is 0.115. The molecule has 1 N–H and O–H groups in total. The van der Waals surface area contributed by atoms with E-state index in [-0.39, 0.29) is 6.61 Å². The van der Waals surface area contributed by atoms with E-state index >= 15 is 0 Å². The van der Waals surface area contributed by atoms with Gasteiger partial charge >= 0.3 is 5.97 Å². The number of methoxy groups -OCH3 is 1. The smallest absolute Gasteiger partial charge is 0.339 e. The van der Waals surface area contributed by atoms with Crippen LogP contribution in [0, 0.1) is 6.92 Å². The van der Waals surface area contributed by atoms with Gasteiger partial charge in [-0.25, -0.2) is 9.78 Å². The van der Waals surface area contributed by atoms with E-state index in [1.54, 1.807) is 19.2 Å². The number of para-hydroxylation sites is 2. The predicted molar refractivity (Wildman–Crippen MR) is 124 cm³/mol. The molecule has 0 saturated carbocycles. The molecule has 4 aromatic rings. The molecule has 6 nitrogen and oxygen atoms in total. The lowest BCUT2D eigenvalue weighted by molar-refractivity contribution is -0.119. The Kier molecular flexibility index (Phi) is 6.12. The number of hydrogen-bond acceptors (Lipinski definition) is 5. The highest BCUT2D eigenvalue weighted by molar-refractivity contribution is 6.05. The second-order valence-electron chi connectivity index (χ2n) is 7.24. The standard InChI is InChI=1S/C26H22N2O4/c1-17-7-3-5-9-22(17)28-25(29)16-32-26(30)21-15-24(18-11-13-19(31-2)14-12-18)27-23-10-6-4-8-20(21)23/h3-15H,16H2,1-2H3,(H,28,29). The summed E-state index contributed by atoms with van der Waals surface area (Å²) in [7, 11) is 1.60. The molecule has 4 rings (SSSR count). The molecule has 0 unspecified atom stereocenters. The van der Waals surface area contributed by atoms with Crippen molar-refractivity contribution in [3.63, 3.8) is 0 Å². The van der Waals surface area contributed by atoms with E-state index in [4.69, 9.17) is 9.47 Å². The van der Waals surface area contributed by atoms with Crippen LogP contribution in [0.15, 0.2) is 78.9 Å². The van der Waals surface area contributed by atoms with Gasteiger partial charge in [0.05, 0.1) is 23.9 Å². The highest BCUT2D eigenvalue weighted by atomic mass is 16.5. The Hall–Kier alpha value is -4.19. The van der Waals surface area contributed by atoms with E-state index in [0.717, 1.165) is 16.9 Å². The second kappa shape index (κ2) is 9.31. The van der Waals surface area contributed by atoms with Crippen molar-refractivity contribution in [3.05, 3.63) is 90.0 Å². The van der Waals surface area contributed by atoms with Crippen LogP contribution in [0.25, 0.3) is 22.2 Å². The fourth-order valence-electron chi connectivity index (χ4n) is 3.36. The molecule has 0 radical (unpaired) electrons. The van der Waals surface area contributed by atoms with Crippen molar-refractivity contribution in [3.8, 4) is 17.0 Å². The van der Waals surface area contributed by atoms with Gasteiger partial charge in [0, 0.05) is 16.6 Å². The minimum Gasteiger partial charge on any atom is -0.497 e. The molecule has 6 heteroatoms. The van der Waals surface area contributed by atoms with E-state index in [9.17, 15) is 9.59 Å². The van der Waals surface area contributed by atoms with Gasteiger partial charge in [-0.3, -0.25) is 4.79 Å². The summed E-state index contributed by atoms with van der Waals surface area (Å²) < 4.78 is 10.5. The molecule has 0 aliphatic heterocycles. The second-order valence-corrected chi connectivity index (χ2v) is 7.24. The number of nitrogens with zero attached hydrogens (tertiary/aromatic N) is 1. The van der Waals surface area contributed by atoms with Crippen molar-refractivity contribution >= 4 is 28.5 Å². The quantitative estimate of drug-likeness (QED) is 0.438. The summed E-state index contributed by atoms with van der Waals surface area (Å²) >= 11 is 0. The van der Waals surface area contributed by atoms with Gasteiger partial charge in [-0.15, -0.1) is 0 Å². The highest BCUT2D eigenvalue weighted by Gasteiger charge is 2.17. The van der Waals surface area contributed by atoms with Crippen molar-refractivity contribution in [1.82, 2.24) is 4.98 Å². The van der Waals surface area contributed by atoms with Gasteiger partial charge in [0.1, 0.15) is 5.75 Å². The molecule has 0 spiro atoms. The van der Waals surface area contributed by atoms with Crippen molar-refractivity contribution in [2.24, 2.45) is 0 Å². The average molecular weight is 426 g/mol. The number of anilines is 1. The number of benzene rings is 3. The first-order chi connectivity index (χ1) is 15.5. The van der Waals surface area contributed by atoms with Crippen molar-refractivity contribution in [2.45, 2.75) is 6.92 Å². The van der Waals surface area contributed by atoms with Crippen LogP contribution in [0.1, 0.15) is 15.9 Å². The Morgan fingerprint density at radius 3 is 2.41 bits per heavy atom. The molecule has 32 heavy (non-hydrogen) atoms. The number of amides is 1. The monoisotopic (exact) mass is 426 g/mol. The number of esters is 1. The molecule has 0 fully saturated rings. The summed E-state index contributed by atoms with van der Waals surface area (Å²) in [5.41, 5.74) is 4.09. The summed E-state index contributed by atoms with van der Waals surface area (Å²) in [6.45, 7) is 1.51. The zero-order valence-corrected chi connectivity index (χ0v) is 17.8. The molecule has 1 heterocycles. The summed E-state index contributed by atoms with van der Waals surface area (Å²) in [4.78, 5) is 29.9. The van der Waals surface area contributed by atoms with E-state index < -0.39 is 11.9 Å². The van der Waals surface area contributed by atoms with Crippen LogP contribution in [0.4, 0.5) is 5.69 Å². The van der Waals surface area contributed by atoms with Gasteiger partial charge < -0.3 is 14.8 Å². The van der Waals surface area contributed by atoms with Crippen LogP contribution < -0.4 is 10.1 Å². The molecule has 0 saturated heterocycles. The number of aryl methyl sites for hydroxylation is 1. The van der Waals surface area contributed by atoms with E-state index in [0.29, 0.717) is 27.8 Å². The topological polar surface area (TPSA) is 77.5 Å². The number of pyridine rings is 1. The molecule has 0 aliphatic carbocycles. The van der Waals surface area contributed by atoms with Crippen LogP contribution in [0.2, 0.25) is 0 Å². The van der Waals surface area contributed by atoms with Crippen LogP contribution in [-0.4, -0.2) is 30.6 Å². The Morgan fingerprint density at radius 1 is 0.938 bits per heavy atom. The van der Waals surface area contributed by atoms with Crippen LogP contribution >= 0.6 is 0 Å². The van der Waals surface area contributed by atoms with Gasteiger partial charge in [-0.2, -0.15) is 0 Å². The molecule has 1 amide bonds. The van der Waals surface area contributed by atoms with Gasteiger partial charge in [0.25, 0.3) is 5.91 Å². The fourth-order valence-corrected chi connectivity index (χ4v) is 3.36. The van der Waals surface area contributed by atoms with Gasteiger partial charge in [0.2, 0.25) is 0 Å². The maximum Gasteiger partial charge on any atom is 0.339 e. The minimum atomic E-state index is -0.585. The third-order valence-electron chi connectivity index (χ3n) is 5.08. The first kappa shape index (κ1) is 21.1. The zero-order chi connectivity index (χ0) is 22.5. The number of nitrogens with one attached hydrogen (secondary N) is 1. The zero-order valence-electron chi connectivity index (χ0n) is 17.8. The summed E-state index contributed by atoms with van der Waals surface area (Å²) in [5.74, 6) is -0.256. The number of aromatic nitrogens is 1. The lowest BCUT2D eigenvalue weighted by Crippen LogP contribution is -2.21. The molecule has 0 bridgehead atoms. The minimum absolute atomic E-state index is 0.352. The molecule has 3 aromatic carbocycles. The normalized spacial score (nSPS) is 10.6. The number of hydrogen-bond donors (Lipinski definition) is 1. The molecule has 1 aromatic heterocycles. The Morgan fingerprint density at radius 2 is 1.66 bits per heavy atom. The Bertz CT molecular complexity index is 1280. The van der Waals surface area contributed by atoms with Crippen molar-refractivity contribution in [1.29, 1.82) is 0 Å². The predicted octanol–water partition coefficient (Wildman–Crippen LogP) is 5.01. The lowest BCUT2D eigenvalue weighted by Gasteiger charge is -2.11. The summed E-state index contributed by atoms with van der Waals surface area (Å²) in [5, 5.41) is 3.42. The third kappa shape index (κ3) is 4.59. The van der Waals surface area contributed by atoms with Gasteiger partial charge in [0.15, 0.2) is 6.61 Å². The number of carbonyl (C=O) groups is 2. The maximum absolute atomic E-state index is 12.9. The third-order valence-corrected chi connectivity index (χ3v) is 5.08. The molecule has 160 valence electrons. The van der Waals surface area contributed by atoms with Crippen LogP contribution in [-0.2, 0) is 9.53 Å². The molecular weight excluding hydrogens is 404 g/mol. The average Bonchev–Trinajstić information content (AvgIpc) is 2.83. The van der Waals surface area contributed by atoms with Gasteiger partial charge in [-0.05, 0) is 55.0 Å². The van der Waals surface area contributed by atoms with Crippen LogP contribution in [0.5, 0.6) is 5.75 Å². The Balaban J connectivity index is 1.57. The van der Waals surface area contributed by atoms with Crippen molar-refractivity contribution < 1.29 is 19.1 Å². The highest BCUT2D eigenvalue weighted by Crippen LogP contribution is 2.27. The number of carbonyl (C=O) groups excluding carboxylic acids is 2.